The van der Waals surface area contributed by atoms with Crippen LogP contribution in [0, 0.1) is 0 Å². The molecule has 0 bridgehead atoms. The largest absolute Gasteiger partial charge is 0.479 e. The van der Waals surface area contributed by atoms with Crippen molar-refractivity contribution in [1.82, 2.24) is 5.32 Å². The van der Waals surface area contributed by atoms with Gasteiger partial charge in [-0.25, -0.2) is 9.59 Å². The highest BCUT2D eigenvalue weighted by molar-refractivity contribution is 5.86. The maximum absolute atomic E-state index is 12.0. The van der Waals surface area contributed by atoms with E-state index < -0.39 is 23.2 Å². The van der Waals surface area contributed by atoms with E-state index in [9.17, 15) is 14.7 Å². The van der Waals surface area contributed by atoms with Gasteiger partial charge in [-0.2, -0.15) is 0 Å². The van der Waals surface area contributed by atoms with Crippen LogP contribution in [0.5, 0.6) is 0 Å². The van der Waals surface area contributed by atoms with Gasteiger partial charge in [0.1, 0.15) is 5.60 Å². The Kier molecular flexibility index (Phi) is 3.94. The summed E-state index contributed by atoms with van der Waals surface area (Å²) in [6, 6.07) is 7.34. The number of benzene rings is 1. The number of carboxylic acid groups (broad SMARTS) is 1. The molecule has 0 radical (unpaired) electrons. The zero-order valence-electron chi connectivity index (χ0n) is 12.6. The molecule has 0 fully saturated rings. The van der Waals surface area contributed by atoms with Gasteiger partial charge in [0.05, 0.1) is 0 Å². The Labute approximate surface area is 124 Å². The summed E-state index contributed by atoms with van der Waals surface area (Å²) in [5, 5.41) is 12.3. The number of hydrogen-bond donors (Lipinski definition) is 2. The van der Waals surface area contributed by atoms with Crippen LogP contribution >= 0.6 is 0 Å². The Morgan fingerprint density at radius 1 is 1.29 bits per heavy atom. The molecule has 114 valence electrons. The Bertz CT molecular complexity index is 562. The van der Waals surface area contributed by atoms with Crippen molar-refractivity contribution >= 4 is 12.1 Å². The van der Waals surface area contributed by atoms with Gasteiger partial charge in [0.25, 0.3) is 0 Å². The van der Waals surface area contributed by atoms with Crippen LogP contribution in [-0.2, 0) is 21.5 Å². The molecule has 1 aromatic carbocycles. The van der Waals surface area contributed by atoms with Gasteiger partial charge in [0.2, 0.25) is 0 Å². The third-order valence-electron chi connectivity index (χ3n) is 3.55. The molecule has 1 amide bonds. The Balaban J connectivity index is 2.36. The molecule has 0 saturated carbocycles. The molecule has 2 N–H and O–H groups in total. The highest BCUT2D eigenvalue weighted by Gasteiger charge is 2.45. The number of carboxylic acids is 1. The molecule has 0 spiro atoms. The van der Waals surface area contributed by atoms with E-state index >= 15 is 0 Å². The number of carbonyl (C=O) groups is 2. The average molecular weight is 291 g/mol. The fraction of sp³-hybridized carbons (Fsp3) is 0.500. The molecule has 0 aliphatic heterocycles. The summed E-state index contributed by atoms with van der Waals surface area (Å²) in [6.07, 6.45) is 1.18. The molecule has 5 heteroatoms. The van der Waals surface area contributed by atoms with Crippen molar-refractivity contribution in [2.24, 2.45) is 0 Å². The highest BCUT2D eigenvalue weighted by atomic mass is 16.6. The minimum absolute atomic E-state index is 0.360. The maximum atomic E-state index is 12.0. The summed E-state index contributed by atoms with van der Waals surface area (Å²) < 4.78 is 5.22. The normalized spacial score (nSPS) is 21.3. The van der Waals surface area contributed by atoms with Crippen molar-refractivity contribution in [3.05, 3.63) is 35.4 Å². The molecule has 2 rings (SSSR count). The van der Waals surface area contributed by atoms with Crippen LogP contribution in [-0.4, -0.2) is 22.8 Å². The molecule has 0 heterocycles. The van der Waals surface area contributed by atoms with E-state index in [4.69, 9.17) is 4.74 Å². The van der Waals surface area contributed by atoms with Crippen LogP contribution in [0.3, 0.4) is 0 Å². The first-order valence-electron chi connectivity index (χ1n) is 7.07. The first-order chi connectivity index (χ1) is 9.74. The SMILES string of the molecule is CC(C)(C)OC(=O)NC1(C(=O)O)CCCc2ccccc21. The summed E-state index contributed by atoms with van der Waals surface area (Å²) in [4.78, 5) is 23.9. The Morgan fingerprint density at radius 3 is 2.57 bits per heavy atom. The van der Waals surface area contributed by atoms with Crippen LogP contribution in [0.4, 0.5) is 4.79 Å². The van der Waals surface area contributed by atoms with Gasteiger partial charge in [-0.05, 0) is 51.2 Å². The molecule has 0 saturated heterocycles. The smallest absolute Gasteiger partial charge is 0.408 e. The van der Waals surface area contributed by atoms with E-state index in [1.165, 1.54) is 0 Å². The quantitative estimate of drug-likeness (QED) is 0.878. The first kappa shape index (κ1) is 15.4. The van der Waals surface area contributed by atoms with Crippen LogP contribution in [0.15, 0.2) is 24.3 Å². The van der Waals surface area contributed by atoms with Crippen LogP contribution in [0.2, 0.25) is 0 Å². The van der Waals surface area contributed by atoms with Gasteiger partial charge in [0, 0.05) is 0 Å². The van der Waals surface area contributed by atoms with Gasteiger partial charge in [-0.15, -0.1) is 0 Å². The van der Waals surface area contributed by atoms with Crippen LogP contribution in [0.25, 0.3) is 0 Å². The Morgan fingerprint density at radius 2 is 1.95 bits per heavy atom. The maximum Gasteiger partial charge on any atom is 0.408 e. The van der Waals surface area contributed by atoms with Crippen LogP contribution < -0.4 is 5.32 Å². The van der Waals surface area contributed by atoms with Crippen molar-refractivity contribution in [1.29, 1.82) is 0 Å². The third-order valence-corrected chi connectivity index (χ3v) is 3.55. The minimum atomic E-state index is -1.41. The number of aryl methyl sites for hydroxylation is 1. The second-order valence-corrected chi connectivity index (χ2v) is 6.35. The monoisotopic (exact) mass is 291 g/mol. The summed E-state index contributed by atoms with van der Waals surface area (Å²) >= 11 is 0. The number of rotatable bonds is 2. The number of carbonyl (C=O) groups excluding carboxylic acids is 1. The van der Waals surface area contributed by atoms with E-state index in [1.54, 1.807) is 32.9 Å². The molecule has 0 aromatic heterocycles. The van der Waals surface area contributed by atoms with E-state index in [0.29, 0.717) is 18.4 Å². The summed E-state index contributed by atoms with van der Waals surface area (Å²) in [5.74, 6) is -1.06. The number of ether oxygens (including phenoxy) is 1. The van der Waals surface area contributed by atoms with Crippen molar-refractivity contribution < 1.29 is 19.4 Å². The second kappa shape index (κ2) is 5.39. The predicted octanol–water partition coefficient (Wildman–Crippen LogP) is 2.83. The summed E-state index contributed by atoms with van der Waals surface area (Å²) in [7, 11) is 0. The van der Waals surface area contributed by atoms with Crippen molar-refractivity contribution in [2.75, 3.05) is 0 Å². The van der Waals surface area contributed by atoms with Gasteiger partial charge in [-0.3, -0.25) is 0 Å². The van der Waals surface area contributed by atoms with Gasteiger partial charge >= 0.3 is 12.1 Å². The lowest BCUT2D eigenvalue weighted by atomic mass is 9.76. The predicted molar refractivity (Wildman–Crippen MR) is 78.1 cm³/mol. The molecule has 1 aromatic rings. The number of nitrogens with one attached hydrogen (secondary N) is 1. The van der Waals surface area contributed by atoms with Crippen LogP contribution in [0.1, 0.15) is 44.7 Å². The average Bonchev–Trinajstić information content (AvgIpc) is 2.36. The lowest BCUT2D eigenvalue weighted by Gasteiger charge is -2.36. The Hall–Kier alpha value is -2.04. The number of hydrogen-bond acceptors (Lipinski definition) is 3. The molecule has 1 aliphatic carbocycles. The highest BCUT2D eigenvalue weighted by Crippen LogP contribution is 2.35. The lowest BCUT2D eigenvalue weighted by molar-refractivity contribution is -0.146. The topological polar surface area (TPSA) is 75.6 Å². The van der Waals surface area contributed by atoms with E-state index in [1.807, 2.05) is 12.1 Å². The zero-order valence-corrected chi connectivity index (χ0v) is 12.6. The van der Waals surface area contributed by atoms with E-state index in [-0.39, 0.29) is 0 Å². The van der Waals surface area contributed by atoms with Gasteiger partial charge < -0.3 is 15.2 Å². The molecule has 1 unspecified atom stereocenters. The fourth-order valence-corrected chi connectivity index (χ4v) is 2.72. The summed E-state index contributed by atoms with van der Waals surface area (Å²) in [5.41, 5.74) is -0.466. The van der Waals surface area contributed by atoms with Crippen molar-refractivity contribution in [3.63, 3.8) is 0 Å². The molecular weight excluding hydrogens is 270 g/mol. The molecule has 5 nitrogen and oxygen atoms in total. The molecular formula is C16H21NO4. The third kappa shape index (κ3) is 3.17. The molecule has 21 heavy (non-hydrogen) atoms. The fourth-order valence-electron chi connectivity index (χ4n) is 2.72. The first-order valence-corrected chi connectivity index (χ1v) is 7.07. The second-order valence-electron chi connectivity index (χ2n) is 6.35. The number of amides is 1. The van der Waals surface area contributed by atoms with Crippen molar-refractivity contribution in [2.45, 2.75) is 51.2 Å². The van der Waals surface area contributed by atoms with E-state index in [0.717, 1.165) is 12.0 Å². The molecule has 1 aliphatic rings. The number of fused-ring (bicyclic) bond motifs is 1. The molecule has 1 atom stereocenters. The summed E-state index contributed by atoms with van der Waals surface area (Å²) in [6.45, 7) is 5.23. The van der Waals surface area contributed by atoms with Gasteiger partial charge in [0.15, 0.2) is 5.54 Å². The van der Waals surface area contributed by atoms with E-state index in [2.05, 4.69) is 5.32 Å². The standard InChI is InChI=1S/C16H21NO4/c1-15(2,3)21-14(20)17-16(13(18)19)10-6-8-11-7-4-5-9-12(11)16/h4-5,7,9H,6,8,10H2,1-3H3,(H,17,20)(H,18,19). The number of aliphatic carboxylic acids is 1. The lowest BCUT2D eigenvalue weighted by Crippen LogP contribution is -2.54. The minimum Gasteiger partial charge on any atom is -0.479 e. The van der Waals surface area contributed by atoms with Crippen molar-refractivity contribution in [3.8, 4) is 0 Å². The number of alkyl carbamates (subject to hydrolysis) is 1. The van der Waals surface area contributed by atoms with Gasteiger partial charge in [-0.1, -0.05) is 24.3 Å². The zero-order chi connectivity index (χ0) is 15.7.